The van der Waals surface area contributed by atoms with Crippen LogP contribution >= 0.6 is 0 Å². The molecule has 1 heterocycles. The molecule has 0 spiro atoms. The van der Waals surface area contributed by atoms with Crippen molar-refractivity contribution in [1.82, 2.24) is 9.55 Å². The number of imidazole rings is 1. The number of nitrogens with zero attached hydrogens (tertiary/aromatic N) is 2. The molecule has 1 unspecified atom stereocenters. The molecule has 0 aliphatic heterocycles. The SMILES string of the molecule is COCCNc1nc(C)cn1C(C)c1ccc(OC)cc1. The van der Waals surface area contributed by atoms with Gasteiger partial charge in [-0.15, -0.1) is 0 Å². The zero-order chi connectivity index (χ0) is 15.2. The second-order valence-corrected chi connectivity index (χ2v) is 4.98. The average Bonchev–Trinajstić information content (AvgIpc) is 2.88. The molecular weight excluding hydrogens is 266 g/mol. The number of ether oxygens (including phenoxy) is 2. The maximum absolute atomic E-state index is 5.20. The minimum atomic E-state index is 0.196. The highest BCUT2D eigenvalue weighted by Gasteiger charge is 2.13. The molecule has 0 amide bonds. The van der Waals surface area contributed by atoms with Gasteiger partial charge in [0, 0.05) is 19.9 Å². The van der Waals surface area contributed by atoms with Gasteiger partial charge in [-0.25, -0.2) is 4.98 Å². The highest BCUT2D eigenvalue weighted by Crippen LogP contribution is 2.24. The van der Waals surface area contributed by atoms with E-state index < -0.39 is 0 Å². The Hall–Kier alpha value is -2.01. The van der Waals surface area contributed by atoms with Gasteiger partial charge >= 0.3 is 0 Å². The van der Waals surface area contributed by atoms with Crippen LogP contribution in [0.3, 0.4) is 0 Å². The number of aromatic nitrogens is 2. The van der Waals surface area contributed by atoms with Crippen LogP contribution in [0, 0.1) is 6.92 Å². The molecular formula is C16H23N3O2. The molecule has 1 N–H and O–H groups in total. The Labute approximate surface area is 125 Å². The number of hydrogen-bond acceptors (Lipinski definition) is 4. The molecule has 5 nitrogen and oxygen atoms in total. The summed E-state index contributed by atoms with van der Waals surface area (Å²) in [7, 11) is 3.37. The zero-order valence-corrected chi connectivity index (χ0v) is 13.1. The second-order valence-electron chi connectivity index (χ2n) is 4.98. The topological polar surface area (TPSA) is 48.3 Å². The molecule has 2 aromatic rings. The van der Waals surface area contributed by atoms with E-state index in [1.54, 1.807) is 14.2 Å². The van der Waals surface area contributed by atoms with Crippen LogP contribution in [0.1, 0.15) is 24.2 Å². The van der Waals surface area contributed by atoms with E-state index in [1.165, 1.54) is 5.56 Å². The third-order valence-electron chi connectivity index (χ3n) is 3.46. The number of benzene rings is 1. The third kappa shape index (κ3) is 3.76. The second kappa shape index (κ2) is 7.13. The van der Waals surface area contributed by atoms with Crippen molar-refractivity contribution in [3.8, 4) is 5.75 Å². The van der Waals surface area contributed by atoms with Gasteiger partial charge in [0.1, 0.15) is 5.75 Å². The molecule has 0 aliphatic carbocycles. The Kier molecular flexibility index (Phi) is 5.22. The fourth-order valence-corrected chi connectivity index (χ4v) is 2.25. The first-order chi connectivity index (χ1) is 10.2. The first kappa shape index (κ1) is 15.4. The summed E-state index contributed by atoms with van der Waals surface area (Å²) in [6, 6.07) is 8.32. The van der Waals surface area contributed by atoms with Crippen LogP contribution in [0.2, 0.25) is 0 Å². The minimum absolute atomic E-state index is 0.196. The molecule has 0 radical (unpaired) electrons. The van der Waals surface area contributed by atoms with Crippen molar-refractivity contribution < 1.29 is 9.47 Å². The van der Waals surface area contributed by atoms with E-state index in [2.05, 4.69) is 40.1 Å². The van der Waals surface area contributed by atoms with E-state index in [0.717, 1.165) is 23.9 Å². The van der Waals surface area contributed by atoms with Gasteiger partial charge in [-0.05, 0) is 31.5 Å². The predicted octanol–water partition coefficient (Wildman–Crippen LogP) is 2.87. The molecule has 0 saturated carbocycles. The van der Waals surface area contributed by atoms with Gasteiger partial charge < -0.3 is 19.4 Å². The quantitative estimate of drug-likeness (QED) is 0.796. The predicted molar refractivity (Wildman–Crippen MR) is 84.1 cm³/mol. The van der Waals surface area contributed by atoms with Gasteiger partial charge in [-0.2, -0.15) is 0 Å². The van der Waals surface area contributed by atoms with Crippen LogP contribution in [-0.2, 0) is 4.74 Å². The molecule has 0 saturated heterocycles. The number of nitrogens with one attached hydrogen (secondary N) is 1. The Bertz CT molecular complexity index is 563. The van der Waals surface area contributed by atoms with Crippen LogP contribution in [0.5, 0.6) is 5.75 Å². The van der Waals surface area contributed by atoms with Gasteiger partial charge in [0.2, 0.25) is 5.95 Å². The number of anilines is 1. The third-order valence-corrected chi connectivity index (χ3v) is 3.46. The lowest BCUT2D eigenvalue weighted by Gasteiger charge is -2.17. The van der Waals surface area contributed by atoms with Crippen LogP contribution in [0.4, 0.5) is 5.95 Å². The van der Waals surface area contributed by atoms with Crippen molar-refractivity contribution in [3.63, 3.8) is 0 Å². The van der Waals surface area contributed by atoms with Crippen molar-refractivity contribution in [1.29, 1.82) is 0 Å². The standard InChI is InChI=1S/C16H23N3O2/c1-12-11-19(16(18-12)17-9-10-20-3)13(2)14-5-7-15(21-4)8-6-14/h5-8,11,13H,9-10H2,1-4H3,(H,17,18). The summed E-state index contributed by atoms with van der Waals surface area (Å²) in [5.74, 6) is 1.74. The fraction of sp³-hybridized carbons (Fsp3) is 0.438. The van der Waals surface area contributed by atoms with Gasteiger partial charge in [-0.1, -0.05) is 12.1 Å². The molecule has 5 heteroatoms. The molecule has 0 bridgehead atoms. The fourth-order valence-electron chi connectivity index (χ4n) is 2.25. The van der Waals surface area contributed by atoms with Gasteiger partial charge in [0.25, 0.3) is 0 Å². The van der Waals surface area contributed by atoms with E-state index in [1.807, 2.05) is 19.1 Å². The molecule has 1 aromatic carbocycles. The smallest absolute Gasteiger partial charge is 0.203 e. The Morgan fingerprint density at radius 2 is 1.95 bits per heavy atom. The largest absolute Gasteiger partial charge is 0.497 e. The monoisotopic (exact) mass is 289 g/mol. The van der Waals surface area contributed by atoms with Crippen molar-refractivity contribution in [2.75, 3.05) is 32.7 Å². The minimum Gasteiger partial charge on any atom is -0.497 e. The Balaban J connectivity index is 2.18. The molecule has 0 fully saturated rings. The zero-order valence-electron chi connectivity index (χ0n) is 13.1. The molecule has 1 aromatic heterocycles. The van der Waals surface area contributed by atoms with E-state index in [4.69, 9.17) is 9.47 Å². The maximum Gasteiger partial charge on any atom is 0.203 e. The summed E-state index contributed by atoms with van der Waals surface area (Å²) in [4.78, 5) is 4.53. The van der Waals surface area contributed by atoms with Crippen LogP contribution in [0.25, 0.3) is 0 Å². The average molecular weight is 289 g/mol. The van der Waals surface area contributed by atoms with E-state index >= 15 is 0 Å². The Morgan fingerprint density at radius 3 is 2.57 bits per heavy atom. The van der Waals surface area contributed by atoms with Crippen LogP contribution in [-0.4, -0.2) is 36.9 Å². The number of methoxy groups -OCH3 is 2. The first-order valence-electron chi connectivity index (χ1n) is 7.08. The Morgan fingerprint density at radius 1 is 1.24 bits per heavy atom. The van der Waals surface area contributed by atoms with Gasteiger partial charge in [0.05, 0.1) is 25.5 Å². The van der Waals surface area contributed by atoms with E-state index in [0.29, 0.717) is 6.61 Å². The van der Waals surface area contributed by atoms with Crippen LogP contribution < -0.4 is 10.1 Å². The highest BCUT2D eigenvalue weighted by molar-refractivity contribution is 5.34. The van der Waals surface area contributed by atoms with Gasteiger partial charge in [0.15, 0.2) is 0 Å². The van der Waals surface area contributed by atoms with Crippen molar-refractivity contribution in [2.45, 2.75) is 19.9 Å². The van der Waals surface area contributed by atoms with Crippen molar-refractivity contribution >= 4 is 5.95 Å². The summed E-state index contributed by atoms with van der Waals surface area (Å²) < 4.78 is 12.4. The summed E-state index contributed by atoms with van der Waals surface area (Å²) in [5, 5.41) is 3.31. The molecule has 0 aliphatic rings. The number of aryl methyl sites for hydroxylation is 1. The molecule has 1 atom stereocenters. The number of rotatable bonds is 7. The summed E-state index contributed by atoms with van der Waals surface area (Å²) in [6.45, 7) is 5.55. The van der Waals surface area contributed by atoms with Crippen molar-refractivity contribution in [2.24, 2.45) is 0 Å². The van der Waals surface area contributed by atoms with E-state index in [9.17, 15) is 0 Å². The lowest BCUT2D eigenvalue weighted by atomic mass is 10.1. The summed E-state index contributed by atoms with van der Waals surface area (Å²) in [6.07, 6.45) is 2.06. The number of hydrogen-bond donors (Lipinski definition) is 1. The normalized spacial score (nSPS) is 12.2. The molecule has 2 rings (SSSR count). The van der Waals surface area contributed by atoms with Crippen LogP contribution in [0.15, 0.2) is 30.5 Å². The first-order valence-corrected chi connectivity index (χ1v) is 7.08. The maximum atomic E-state index is 5.20. The highest BCUT2D eigenvalue weighted by atomic mass is 16.5. The lowest BCUT2D eigenvalue weighted by Crippen LogP contribution is -2.15. The summed E-state index contributed by atoms with van der Waals surface area (Å²) in [5.41, 5.74) is 2.21. The molecule has 114 valence electrons. The van der Waals surface area contributed by atoms with Gasteiger partial charge in [-0.3, -0.25) is 0 Å². The van der Waals surface area contributed by atoms with E-state index in [-0.39, 0.29) is 6.04 Å². The lowest BCUT2D eigenvalue weighted by molar-refractivity contribution is 0.210. The van der Waals surface area contributed by atoms with Crippen molar-refractivity contribution in [3.05, 3.63) is 41.7 Å². The summed E-state index contributed by atoms with van der Waals surface area (Å²) >= 11 is 0. The molecule has 21 heavy (non-hydrogen) atoms.